The largest absolute Gasteiger partial charge is 0.497 e. The minimum absolute atomic E-state index is 0.176. The predicted octanol–water partition coefficient (Wildman–Crippen LogP) is 3.77. The molecule has 3 rings (SSSR count). The molecule has 5 heteroatoms. The van der Waals surface area contributed by atoms with Crippen molar-refractivity contribution in [3.63, 3.8) is 0 Å². The van der Waals surface area contributed by atoms with Gasteiger partial charge in [-0.1, -0.05) is 12.1 Å². The lowest BCUT2D eigenvalue weighted by molar-refractivity contribution is 0.0950. The maximum absolute atomic E-state index is 12.4. The maximum Gasteiger partial charge on any atom is 0.251 e. The number of hydrogen-bond acceptors (Lipinski definition) is 4. The number of carbonyl (C=O) groups is 1. The van der Waals surface area contributed by atoms with E-state index in [1.165, 1.54) is 0 Å². The van der Waals surface area contributed by atoms with E-state index in [0.29, 0.717) is 30.0 Å². The molecule has 0 bridgehead atoms. The van der Waals surface area contributed by atoms with E-state index >= 15 is 0 Å². The zero-order chi connectivity index (χ0) is 16.9. The minimum atomic E-state index is -0.176. The monoisotopic (exact) mass is 325 g/mol. The first-order chi connectivity index (χ1) is 11.7. The number of furan rings is 1. The lowest BCUT2D eigenvalue weighted by Gasteiger charge is -2.09. The molecular weight excluding hydrogens is 306 g/mol. The topological polar surface area (TPSA) is 60.7 Å². The SMILES string of the molecule is CCOc1cc(C(=O)NCc2ccc(OC)cc2)cc2occc12. The number of carbonyl (C=O) groups excluding carboxylic acids is 1. The highest BCUT2D eigenvalue weighted by Crippen LogP contribution is 2.28. The summed E-state index contributed by atoms with van der Waals surface area (Å²) in [5.74, 6) is 1.26. The van der Waals surface area contributed by atoms with E-state index in [1.54, 1.807) is 25.5 Å². The number of ether oxygens (including phenoxy) is 2. The summed E-state index contributed by atoms with van der Waals surface area (Å²) in [5.41, 5.74) is 2.14. The van der Waals surface area contributed by atoms with Crippen molar-refractivity contribution < 1.29 is 18.7 Å². The molecule has 0 radical (unpaired) electrons. The Morgan fingerprint density at radius 3 is 2.67 bits per heavy atom. The van der Waals surface area contributed by atoms with Crippen molar-refractivity contribution in [1.29, 1.82) is 0 Å². The smallest absolute Gasteiger partial charge is 0.251 e. The van der Waals surface area contributed by atoms with Gasteiger partial charge in [0.15, 0.2) is 0 Å². The molecule has 1 N–H and O–H groups in total. The first kappa shape index (κ1) is 15.9. The number of hydrogen-bond donors (Lipinski definition) is 1. The quantitative estimate of drug-likeness (QED) is 0.749. The Balaban J connectivity index is 1.75. The fourth-order valence-electron chi connectivity index (χ4n) is 2.47. The number of methoxy groups -OCH3 is 1. The van der Waals surface area contributed by atoms with Crippen LogP contribution in [0, 0.1) is 0 Å². The first-order valence-electron chi connectivity index (χ1n) is 7.76. The van der Waals surface area contributed by atoms with E-state index < -0.39 is 0 Å². The van der Waals surface area contributed by atoms with Crippen LogP contribution in [0.25, 0.3) is 11.0 Å². The third-order valence-electron chi connectivity index (χ3n) is 3.71. The maximum atomic E-state index is 12.4. The van der Waals surface area contributed by atoms with Crippen molar-refractivity contribution in [2.45, 2.75) is 13.5 Å². The van der Waals surface area contributed by atoms with Gasteiger partial charge in [-0.2, -0.15) is 0 Å². The summed E-state index contributed by atoms with van der Waals surface area (Å²) in [6.07, 6.45) is 1.59. The third-order valence-corrected chi connectivity index (χ3v) is 3.71. The molecule has 0 spiro atoms. The molecule has 24 heavy (non-hydrogen) atoms. The van der Waals surface area contributed by atoms with Crippen LogP contribution in [0.2, 0.25) is 0 Å². The lowest BCUT2D eigenvalue weighted by Crippen LogP contribution is -2.22. The minimum Gasteiger partial charge on any atom is -0.497 e. The Bertz CT molecular complexity index is 836. The first-order valence-corrected chi connectivity index (χ1v) is 7.76. The van der Waals surface area contributed by atoms with Crippen molar-refractivity contribution in [2.75, 3.05) is 13.7 Å². The average Bonchev–Trinajstić information content (AvgIpc) is 3.09. The summed E-state index contributed by atoms with van der Waals surface area (Å²) in [6.45, 7) is 2.86. The van der Waals surface area contributed by atoms with Crippen molar-refractivity contribution >= 4 is 16.9 Å². The van der Waals surface area contributed by atoms with Crippen LogP contribution in [-0.2, 0) is 6.54 Å². The van der Waals surface area contributed by atoms with Gasteiger partial charge in [0.2, 0.25) is 0 Å². The Hall–Kier alpha value is -2.95. The highest BCUT2D eigenvalue weighted by molar-refractivity contribution is 5.99. The van der Waals surface area contributed by atoms with E-state index in [2.05, 4.69) is 5.32 Å². The molecule has 0 aliphatic carbocycles. The zero-order valence-corrected chi connectivity index (χ0v) is 13.7. The van der Waals surface area contributed by atoms with Gasteiger partial charge in [0.25, 0.3) is 5.91 Å². The summed E-state index contributed by atoms with van der Waals surface area (Å²) >= 11 is 0. The van der Waals surface area contributed by atoms with E-state index in [1.807, 2.05) is 37.3 Å². The average molecular weight is 325 g/mol. The Morgan fingerprint density at radius 1 is 1.17 bits per heavy atom. The second kappa shape index (κ2) is 7.08. The molecule has 5 nitrogen and oxygen atoms in total. The number of nitrogens with one attached hydrogen (secondary N) is 1. The van der Waals surface area contributed by atoms with Crippen molar-refractivity contribution in [2.24, 2.45) is 0 Å². The molecule has 0 unspecified atom stereocenters. The normalized spacial score (nSPS) is 10.6. The summed E-state index contributed by atoms with van der Waals surface area (Å²) < 4.78 is 16.1. The second-order valence-corrected chi connectivity index (χ2v) is 5.27. The molecule has 2 aromatic carbocycles. The second-order valence-electron chi connectivity index (χ2n) is 5.27. The number of amides is 1. The van der Waals surface area contributed by atoms with Crippen LogP contribution < -0.4 is 14.8 Å². The Kier molecular flexibility index (Phi) is 4.70. The Labute approximate surface area is 140 Å². The van der Waals surface area contributed by atoms with Crippen LogP contribution >= 0.6 is 0 Å². The fourth-order valence-corrected chi connectivity index (χ4v) is 2.47. The van der Waals surface area contributed by atoms with Crippen molar-refractivity contribution in [3.05, 3.63) is 59.9 Å². The molecule has 124 valence electrons. The molecular formula is C19H19NO4. The molecule has 1 aromatic heterocycles. The molecule has 0 aliphatic heterocycles. The van der Waals surface area contributed by atoms with Crippen LogP contribution in [0.4, 0.5) is 0 Å². The Morgan fingerprint density at radius 2 is 1.96 bits per heavy atom. The van der Waals surface area contributed by atoms with Crippen molar-refractivity contribution in [1.82, 2.24) is 5.32 Å². The molecule has 1 heterocycles. The van der Waals surface area contributed by atoms with Crippen molar-refractivity contribution in [3.8, 4) is 11.5 Å². The van der Waals surface area contributed by atoms with Crippen LogP contribution in [0.5, 0.6) is 11.5 Å². The number of fused-ring (bicyclic) bond motifs is 1. The van der Waals surface area contributed by atoms with Crippen LogP contribution in [0.3, 0.4) is 0 Å². The molecule has 0 fully saturated rings. The van der Waals surface area contributed by atoms with Gasteiger partial charge in [0.1, 0.15) is 17.1 Å². The van der Waals surface area contributed by atoms with Crippen LogP contribution in [0.1, 0.15) is 22.8 Å². The van der Waals surface area contributed by atoms with Crippen LogP contribution in [-0.4, -0.2) is 19.6 Å². The lowest BCUT2D eigenvalue weighted by atomic mass is 10.1. The summed E-state index contributed by atoms with van der Waals surface area (Å²) in [6, 6.07) is 12.9. The van der Waals surface area contributed by atoms with Gasteiger partial charge < -0.3 is 19.2 Å². The van der Waals surface area contributed by atoms with Gasteiger partial charge in [0, 0.05) is 12.1 Å². The van der Waals surface area contributed by atoms with Crippen LogP contribution in [0.15, 0.2) is 53.1 Å². The number of benzene rings is 2. The van der Waals surface area contributed by atoms with Gasteiger partial charge in [-0.05, 0) is 42.8 Å². The highest BCUT2D eigenvalue weighted by atomic mass is 16.5. The van der Waals surface area contributed by atoms with E-state index in [-0.39, 0.29) is 5.91 Å². The fraction of sp³-hybridized carbons (Fsp3) is 0.211. The van der Waals surface area contributed by atoms with Gasteiger partial charge in [-0.25, -0.2) is 0 Å². The zero-order valence-electron chi connectivity index (χ0n) is 13.7. The third kappa shape index (κ3) is 3.35. The van der Waals surface area contributed by atoms with E-state index in [4.69, 9.17) is 13.9 Å². The summed E-state index contributed by atoms with van der Waals surface area (Å²) in [5, 5.41) is 3.77. The highest BCUT2D eigenvalue weighted by Gasteiger charge is 2.13. The summed E-state index contributed by atoms with van der Waals surface area (Å²) in [7, 11) is 1.62. The van der Waals surface area contributed by atoms with Gasteiger partial charge in [0.05, 0.1) is 25.4 Å². The van der Waals surface area contributed by atoms with Gasteiger partial charge in [-0.3, -0.25) is 4.79 Å². The molecule has 1 amide bonds. The predicted molar refractivity (Wildman–Crippen MR) is 91.5 cm³/mol. The molecule has 0 atom stereocenters. The molecule has 0 saturated carbocycles. The summed E-state index contributed by atoms with van der Waals surface area (Å²) in [4.78, 5) is 12.4. The van der Waals surface area contributed by atoms with E-state index in [9.17, 15) is 4.79 Å². The molecule has 3 aromatic rings. The number of rotatable bonds is 6. The standard InChI is InChI=1S/C19H19NO4/c1-3-23-17-10-14(11-18-16(17)8-9-24-18)19(21)20-12-13-4-6-15(22-2)7-5-13/h4-11H,3,12H2,1-2H3,(H,20,21). The van der Waals surface area contributed by atoms with E-state index in [0.717, 1.165) is 16.7 Å². The van der Waals surface area contributed by atoms with Gasteiger partial charge in [-0.15, -0.1) is 0 Å². The van der Waals surface area contributed by atoms with Gasteiger partial charge >= 0.3 is 0 Å². The molecule has 0 saturated heterocycles. The molecule has 0 aliphatic rings.